The number of ether oxygens (including phenoxy) is 1. The van der Waals surface area contributed by atoms with E-state index in [1.165, 1.54) is 27.8 Å². The topological polar surface area (TPSA) is 61.9 Å². The van der Waals surface area contributed by atoms with E-state index >= 15 is 0 Å². The number of tetrazole rings is 1. The fourth-order valence-electron chi connectivity index (χ4n) is 3.20. The number of aryl methyl sites for hydroxylation is 3. The molecule has 1 aromatic heterocycles. The molecule has 0 saturated heterocycles. The molecular formula is C20H22N4O2. The summed E-state index contributed by atoms with van der Waals surface area (Å²) in [5.74, 6) is 1.41. The Balaban J connectivity index is 1.75. The lowest BCUT2D eigenvalue weighted by Gasteiger charge is -2.16. The monoisotopic (exact) mass is 350 g/mol. The van der Waals surface area contributed by atoms with Crippen LogP contribution in [0.3, 0.4) is 0 Å². The predicted octanol–water partition coefficient (Wildman–Crippen LogP) is 3.04. The van der Waals surface area contributed by atoms with E-state index in [1.807, 2.05) is 25.1 Å². The van der Waals surface area contributed by atoms with Crippen molar-refractivity contribution in [3.63, 3.8) is 0 Å². The summed E-state index contributed by atoms with van der Waals surface area (Å²) in [6.07, 6.45) is 2.35. The Morgan fingerprint density at radius 2 is 1.96 bits per heavy atom. The molecule has 1 aliphatic carbocycles. The first-order chi connectivity index (χ1) is 12.5. The molecule has 0 spiro atoms. The summed E-state index contributed by atoms with van der Waals surface area (Å²) >= 11 is 0. The third-order valence-electron chi connectivity index (χ3n) is 4.87. The summed E-state index contributed by atoms with van der Waals surface area (Å²) in [6.45, 7) is 4.49. The zero-order valence-electron chi connectivity index (χ0n) is 15.3. The maximum absolute atomic E-state index is 12.4. The van der Waals surface area contributed by atoms with Crippen LogP contribution in [0.2, 0.25) is 0 Å². The van der Waals surface area contributed by atoms with Crippen molar-refractivity contribution < 1.29 is 4.74 Å². The maximum atomic E-state index is 12.4. The lowest BCUT2D eigenvalue weighted by Crippen LogP contribution is -2.23. The minimum Gasteiger partial charge on any atom is -0.489 e. The van der Waals surface area contributed by atoms with E-state index in [4.69, 9.17) is 4.74 Å². The lowest BCUT2D eigenvalue weighted by molar-refractivity contribution is 0.302. The van der Waals surface area contributed by atoms with Crippen LogP contribution in [-0.2, 0) is 13.7 Å². The van der Waals surface area contributed by atoms with Gasteiger partial charge in [0.15, 0.2) is 0 Å². The molecule has 0 aliphatic heterocycles. The van der Waals surface area contributed by atoms with Gasteiger partial charge in [-0.1, -0.05) is 24.3 Å². The second-order valence-corrected chi connectivity index (χ2v) is 6.97. The molecule has 6 nitrogen and oxygen atoms in total. The van der Waals surface area contributed by atoms with Gasteiger partial charge >= 0.3 is 5.69 Å². The predicted molar refractivity (Wildman–Crippen MR) is 98.8 cm³/mol. The van der Waals surface area contributed by atoms with Gasteiger partial charge in [-0.25, -0.2) is 4.79 Å². The van der Waals surface area contributed by atoms with Gasteiger partial charge in [0.25, 0.3) is 0 Å². The van der Waals surface area contributed by atoms with Crippen LogP contribution in [0.1, 0.15) is 41.0 Å². The first kappa shape index (κ1) is 16.6. The van der Waals surface area contributed by atoms with Crippen LogP contribution < -0.4 is 10.4 Å². The first-order valence-corrected chi connectivity index (χ1v) is 8.86. The standard InChI is InChI=1S/C20H22N4O2/c1-13-7-8-14(2)19(11-13)26-12-17-16(15-9-10-15)5-4-6-18(17)24-20(25)23(3)21-22-24/h4-8,11,15H,9-10,12H2,1-3H3. The first-order valence-electron chi connectivity index (χ1n) is 8.86. The zero-order valence-corrected chi connectivity index (χ0v) is 15.3. The van der Waals surface area contributed by atoms with Crippen LogP contribution >= 0.6 is 0 Å². The summed E-state index contributed by atoms with van der Waals surface area (Å²) in [7, 11) is 1.60. The Bertz CT molecular complexity index is 1010. The minimum absolute atomic E-state index is 0.258. The smallest absolute Gasteiger partial charge is 0.368 e. The van der Waals surface area contributed by atoms with Gasteiger partial charge in [0.05, 0.1) is 5.69 Å². The highest BCUT2D eigenvalue weighted by molar-refractivity contribution is 5.48. The molecule has 1 heterocycles. The number of benzene rings is 2. The number of hydrogen-bond donors (Lipinski definition) is 0. The van der Waals surface area contributed by atoms with Gasteiger partial charge in [-0.05, 0) is 71.9 Å². The van der Waals surface area contributed by atoms with Crippen molar-refractivity contribution in [2.24, 2.45) is 7.05 Å². The average Bonchev–Trinajstić information content (AvgIpc) is 3.42. The molecular weight excluding hydrogens is 328 g/mol. The van der Waals surface area contributed by atoms with Crippen LogP contribution in [0.25, 0.3) is 5.69 Å². The molecule has 0 unspecified atom stereocenters. The van der Waals surface area contributed by atoms with Gasteiger partial charge in [0.1, 0.15) is 12.4 Å². The van der Waals surface area contributed by atoms with Crippen molar-refractivity contribution in [3.05, 3.63) is 69.1 Å². The fraction of sp³-hybridized carbons (Fsp3) is 0.350. The summed E-state index contributed by atoms with van der Waals surface area (Å²) < 4.78 is 8.75. The normalized spacial score (nSPS) is 13.8. The van der Waals surface area contributed by atoms with Crippen LogP contribution in [0.5, 0.6) is 5.75 Å². The summed E-state index contributed by atoms with van der Waals surface area (Å²) in [6, 6.07) is 12.2. The van der Waals surface area contributed by atoms with Gasteiger partial charge in [-0.2, -0.15) is 9.36 Å². The molecule has 1 aliphatic rings. The van der Waals surface area contributed by atoms with E-state index < -0.39 is 0 Å². The molecule has 0 N–H and O–H groups in total. The minimum atomic E-state index is -0.258. The van der Waals surface area contributed by atoms with Crippen molar-refractivity contribution >= 4 is 0 Å². The maximum Gasteiger partial charge on any atom is 0.368 e. The second-order valence-electron chi connectivity index (χ2n) is 6.97. The molecule has 6 heteroatoms. The highest BCUT2D eigenvalue weighted by Gasteiger charge is 2.28. The molecule has 0 amide bonds. The van der Waals surface area contributed by atoms with Gasteiger partial charge < -0.3 is 4.74 Å². The summed E-state index contributed by atoms with van der Waals surface area (Å²) in [5.41, 5.74) is 5.00. The Morgan fingerprint density at radius 1 is 1.15 bits per heavy atom. The van der Waals surface area contributed by atoms with E-state index in [1.54, 1.807) is 7.05 Å². The number of rotatable bonds is 5. The third kappa shape index (κ3) is 3.03. The number of aromatic nitrogens is 4. The lowest BCUT2D eigenvalue weighted by atomic mass is 10.0. The molecule has 4 rings (SSSR count). The summed E-state index contributed by atoms with van der Waals surface area (Å²) in [4.78, 5) is 12.4. The Hall–Kier alpha value is -2.89. The van der Waals surface area contributed by atoms with Gasteiger partial charge in [0.2, 0.25) is 0 Å². The van der Waals surface area contributed by atoms with E-state index in [9.17, 15) is 4.79 Å². The van der Waals surface area contributed by atoms with Gasteiger partial charge in [-0.3, -0.25) is 0 Å². The molecule has 3 aromatic rings. The second kappa shape index (κ2) is 6.44. The molecule has 0 radical (unpaired) electrons. The van der Waals surface area contributed by atoms with E-state index in [-0.39, 0.29) is 5.69 Å². The highest BCUT2D eigenvalue weighted by Crippen LogP contribution is 2.43. The van der Waals surface area contributed by atoms with Crippen LogP contribution in [-0.4, -0.2) is 19.8 Å². The molecule has 1 fully saturated rings. The van der Waals surface area contributed by atoms with Crippen LogP contribution in [0, 0.1) is 13.8 Å². The van der Waals surface area contributed by atoms with Crippen molar-refractivity contribution in [1.29, 1.82) is 0 Å². The quantitative estimate of drug-likeness (QED) is 0.709. The highest BCUT2D eigenvalue weighted by atomic mass is 16.5. The SMILES string of the molecule is Cc1ccc(C)c(OCc2c(C3CC3)cccc2-n2nnn(C)c2=O)c1. The molecule has 0 bridgehead atoms. The molecule has 0 atom stereocenters. The Labute approximate surface area is 152 Å². The van der Waals surface area contributed by atoms with Gasteiger partial charge in [0, 0.05) is 12.6 Å². The largest absolute Gasteiger partial charge is 0.489 e. The molecule has 1 saturated carbocycles. The van der Waals surface area contributed by atoms with Crippen LogP contribution in [0.4, 0.5) is 0 Å². The Kier molecular flexibility index (Phi) is 4.11. The third-order valence-corrected chi connectivity index (χ3v) is 4.87. The van der Waals surface area contributed by atoms with Gasteiger partial charge in [-0.15, -0.1) is 0 Å². The van der Waals surface area contributed by atoms with Crippen molar-refractivity contribution in [2.45, 2.75) is 39.2 Å². The molecule has 26 heavy (non-hydrogen) atoms. The Morgan fingerprint density at radius 3 is 2.65 bits per heavy atom. The number of nitrogens with zero attached hydrogens (tertiary/aromatic N) is 4. The molecule has 134 valence electrons. The number of hydrogen-bond acceptors (Lipinski definition) is 4. The van der Waals surface area contributed by atoms with E-state index in [2.05, 4.69) is 35.5 Å². The van der Waals surface area contributed by atoms with Crippen molar-refractivity contribution in [1.82, 2.24) is 19.8 Å². The zero-order chi connectivity index (χ0) is 18.3. The summed E-state index contributed by atoms with van der Waals surface area (Å²) in [5, 5.41) is 7.86. The van der Waals surface area contributed by atoms with Crippen molar-refractivity contribution in [2.75, 3.05) is 0 Å². The van der Waals surface area contributed by atoms with E-state index in [0.29, 0.717) is 12.5 Å². The van der Waals surface area contributed by atoms with Crippen LogP contribution in [0.15, 0.2) is 41.2 Å². The fourth-order valence-corrected chi connectivity index (χ4v) is 3.20. The molecule has 2 aromatic carbocycles. The average molecular weight is 350 g/mol. The van der Waals surface area contributed by atoms with E-state index in [0.717, 1.165) is 28.1 Å². The van der Waals surface area contributed by atoms with Crippen molar-refractivity contribution in [3.8, 4) is 11.4 Å².